The Labute approximate surface area is 279 Å². The van der Waals surface area contributed by atoms with Gasteiger partial charge in [0.2, 0.25) is 17.7 Å². The fraction of sp³-hybridized carbons (Fsp3) is 0.235. The zero-order chi connectivity index (χ0) is 34.3. The summed E-state index contributed by atoms with van der Waals surface area (Å²) < 4.78 is 0. The Morgan fingerprint density at radius 3 is 1.63 bits per heavy atom. The van der Waals surface area contributed by atoms with E-state index in [4.69, 9.17) is 5.73 Å². The van der Waals surface area contributed by atoms with Crippen LogP contribution in [0.3, 0.4) is 0 Å². The molecule has 0 radical (unpaired) electrons. The summed E-state index contributed by atoms with van der Waals surface area (Å²) in [5.41, 5.74) is 10.4. The molecule has 6 aromatic rings. The summed E-state index contributed by atoms with van der Waals surface area (Å²) in [6.07, 6.45) is 9.75. The van der Waals surface area contributed by atoms with Crippen molar-refractivity contribution in [3.8, 4) is 0 Å². The molecule has 15 nitrogen and oxygen atoms in total. The molecule has 10 N–H and O–H groups in total. The summed E-state index contributed by atoms with van der Waals surface area (Å²) in [5, 5.41) is 19.9. The Balaban J connectivity index is 1.23. The van der Waals surface area contributed by atoms with Gasteiger partial charge < -0.3 is 46.7 Å². The summed E-state index contributed by atoms with van der Waals surface area (Å²) in [6, 6.07) is 10.3. The summed E-state index contributed by atoms with van der Waals surface area (Å²) in [5.74, 6) is -3.21. The molecule has 252 valence electrons. The number of nitrogens with one attached hydrogen (secondary N) is 7. The van der Waals surface area contributed by atoms with Crippen LogP contribution in [-0.2, 0) is 44.9 Å². The zero-order valence-corrected chi connectivity index (χ0v) is 26.3. The zero-order valence-electron chi connectivity index (χ0n) is 26.3. The predicted molar refractivity (Wildman–Crippen MR) is 180 cm³/mol. The number of benzene rings is 2. The number of hydrogen-bond donors (Lipinski definition) is 9. The lowest BCUT2D eigenvalue weighted by molar-refractivity contribution is -0.142. The van der Waals surface area contributed by atoms with Crippen LogP contribution in [-0.4, -0.2) is 82.9 Å². The van der Waals surface area contributed by atoms with Gasteiger partial charge in [0, 0.05) is 72.3 Å². The van der Waals surface area contributed by atoms with Crippen molar-refractivity contribution >= 4 is 45.5 Å². The van der Waals surface area contributed by atoms with Gasteiger partial charge in [0.15, 0.2) is 0 Å². The monoisotopic (exact) mass is 664 g/mol. The highest BCUT2D eigenvalue weighted by atomic mass is 16.4. The van der Waals surface area contributed by atoms with Crippen molar-refractivity contribution in [1.29, 1.82) is 0 Å². The van der Waals surface area contributed by atoms with Crippen molar-refractivity contribution in [2.45, 2.75) is 49.9 Å². The maximum absolute atomic E-state index is 14.0. The van der Waals surface area contributed by atoms with E-state index in [0.29, 0.717) is 17.0 Å². The first kappa shape index (κ1) is 32.7. The van der Waals surface area contributed by atoms with Crippen molar-refractivity contribution < 1.29 is 24.3 Å². The highest BCUT2D eigenvalue weighted by Gasteiger charge is 2.32. The fourth-order valence-corrected chi connectivity index (χ4v) is 5.82. The predicted octanol–water partition coefficient (Wildman–Crippen LogP) is 1.23. The molecule has 3 amide bonds. The van der Waals surface area contributed by atoms with Gasteiger partial charge >= 0.3 is 5.97 Å². The highest BCUT2D eigenvalue weighted by molar-refractivity contribution is 5.95. The SMILES string of the molecule is N[C@@H](Cc1c[nH]cn1)C(=O)N[C@@H](Cc1c[nH]c2ccccc12)C(=O)N[C@@H](Cc1c[nH]cn1)C(=O)N[C@@H](Cc1c[nH]c2ccccc12)C(=O)O. The van der Waals surface area contributed by atoms with Crippen LogP contribution in [0.4, 0.5) is 0 Å². The summed E-state index contributed by atoms with van der Waals surface area (Å²) in [4.78, 5) is 73.7. The molecule has 6 rings (SSSR count). The molecule has 0 aliphatic carbocycles. The largest absolute Gasteiger partial charge is 0.480 e. The number of carbonyl (C=O) groups excluding carboxylic acids is 3. The summed E-state index contributed by atoms with van der Waals surface area (Å²) >= 11 is 0. The van der Waals surface area contributed by atoms with Gasteiger partial charge in [0.05, 0.1) is 30.1 Å². The molecular formula is C34H36N10O5. The quantitative estimate of drug-likeness (QED) is 0.0772. The third-order valence-electron chi connectivity index (χ3n) is 8.37. The van der Waals surface area contributed by atoms with Crippen LogP contribution in [0.1, 0.15) is 22.5 Å². The lowest BCUT2D eigenvalue weighted by Crippen LogP contribution is -2.58. The maximum atomic E-state index is 14.0. The second-order valence-corrected chi connectivity index (χ2v) is 11.8. The van der Waals surface area contributed by atoms with Gasteiger partial charge in [-0.15, -0.1) is 0 Å². The van der Waals surface area contributed by atoms with E-state index in [-0.39, 0.29) is 25.7 Å². The fourth-order valence-electron chi connectivity index (χ4n) is 5.82. The topological polar surface area (TPSA) is 240 Å². The number of amides is 3. The molecule has 0 bridgehead atoms. The second-order valence-electron chi connectivity index (χ2n) is 11.8. The van der Waals surface area contributed by atoms with E-state index < -0.39 is 47.9 Å². The molecule has 4 atom stereocenters. The van der Waals surface area contributed by atoms with Gasteiger partial charge in [-0.2, -0.15) is 0 Å². The van der Waals surface area contributed by atoms with E-state index in [0.717, 1.165) is 27.4 Å². The van der Waals surface area contributed by atoms with Crippen LogP contribution in [0.2, 0.25) is 0 Å². The van der Waals surface area contributed by atoms with Crippen LogP contribution < -0.4 is 21.7 Å². The lowest BCUT2D eigenvalue weighted by atomic mass is 10.0. The Morgan fingerprint density at radius 1 is 0.633 bits per heavy atom. The van der Waals surface area contributed by atoms with E-state index in [2.05, 4.69) is 45.9 Å². The Bertz CT molecular complexity index is 2050. The number of aliphatic carboxylic acids is 1. The third kappa shape index (κ3) is 7.85. The molecule has 4 heterocycles. The number of H-pyrrole nitrogens is 4. The number of nitrogens with two attached hydrogens (primary N) is 1. The normalized spacial score (nSPS) is 13.8. The van der Waals surface area contributed by atoms with Gasteiger partial charge in [-0.05, 0) is 23.3 Å². The second kappa shape index (κ2) is 14.7. The van der Waals surface area contributed by atoms with E-state index in [9.17, 15) is 24.3 Å². The average Bonchev–Trinajstić information content (AvgIpc) is 3.93. The molecular weight excluding hydrogens is 628 g/mol. The van der Waals surface area contributed by atoms with Crippen molar-refractivity contribution in [2.75, 3.05) is 0 Å². The number of aromatic amines is 4. The molecule has 0 fully saturated rings. The molecule has 0 saturated carbocycles. The van der Waals surface area contributed by atoms with Crippen LogP contribution in [0, 0.1) is 0 Å². The first-order valence-corrected chi connectivity index (χ1v) is 15.7. The number of fused-ring (bicyclic) bond motifs is 2. The minimum atomic E-state index is -1.30. The first-order chi connectivity index (χ1) is 23.7. The molecule has 0 unspecified atom stereocenters. The van der Waals surface area contributed by atoms with Crippen LogP contribution in [0.15, 0.2) is 86.0 Å². The van der Waals surface area contributed by atoms with Crippen LogP contribution in [0.5, 0.6) is 0 Å². The van der Waals surface area contributed by atoms with Crippen molar-refractivity contribution in [1.82, 2.24) is 45.9 Å². The summed E-state index contributed by atoms with van der Waals surface area (Å²) in [6.45, 7) is 0. The van der Waals surface area contributed by atoms with Crippen LogP contribution in [0.25, 0.3) is 21.8 Å². The average molecular weight is 665 g/mol. The molecule has 0 aliphatic rings. The minimum Gasteiger partial charge on any atom is -0.480 e. The number of aromatic nitrogens is 6. The van der Waals surface area contributed by atoms with Crippen molar-refractivity contribution in [2.24, 2.45) is 5.73 Å². The van der Waals surface area contributed by atoms with Gasteiger partial charge in [0.1, 0.15) is 18.1 Å². The molecule has 0 saturated heterocycles. The number of para-hydroxylation sites is 2. The standard InChI is InChI=1S/C34H36N10O5/c35-25(11-21-15-36-17-40-21)31(45)42-28(9-19-13-38-26-7-3-1-5-23(19)26)32(46)43-29(12-22-16-37-18-41-22)33(47)44-30(34(48)49)10-20-14-39-27-8-4-2-6-24(20)27/h1-8,13-18,25,28-30,38-39H,9-12,35H2,(H,36,40)(H,37,41)(H,42,45)(H,43,46)(H,44,47)(H,48,49)/t25-,28-,29-,30-/m0/s1. The number of rotatable bonds is 15. The maximum Gasteiger partial charge on any atom is 0.326 e. The summed E-state index contributed by atoms with van der Waals surface area (Å²) in [7, 11) is 0. The Kier molecular flexibility index (Phi) is 9.80. The molecule has 2 aromatic carbocycles. The molecule has 0 aliphatic heterocycles. The number of carboxylic acids is 1. The minimum absolute atomic E-state index is 0.00128. The third-order valence-corrected chi connectivity index (χ3v) is 8.37. The van der Waals surface area contributed by atoms with Gasteiger partial charge in [0.25, 0.3) is 0 Å². The smallest absolute Gasteiger partial charge is 0.326 e. The number of imidazole rings is 2. The van der Waals surface area contributed by atoms with Gasteiger partial charge in [-0.3, -0.25) is 14.4 Å². The van der Waals surface area contributed by atoms with E-state index in [1.165, 1.54) is 12.7 Å². The van der Waals surface area contributed by atoms with Crippen LogP contribution >= 0.6 is 0 Å². The Hall–Kier alpha value is -6.22. The Morgan fingerprint density at radius 2 is 1.10 bits per heavy atom. The van der Waals surface area contributed by atoms with Crippen molar-refractivity contribution in [3.05, 3.63) is 108 Å². The molecule has 15 heteroatoms. The van der Waals surface area contributed by atoms with Gasteiger partial charge in [-0.25, -0.2) is 14.8 Å². The molecule has 0 spiro atoms. The number of hydrogen-bond acceptors (Lipinski definition) is 7. The molecule has 49 heavy (non-hydrogen) atoms. The van der Waals surface area contributed by atoms with E-state index >= 15 is 0 Å². The number of carbonyl (C=O) groups is 4. The van der Waals surface area contributed by atoms with E-state index in [1.807, 2.05) is 48.5 Å². The van der Waals surface area contributed by atoms with Crippen molar-refractivity contribution in [3.63, 3.8) is 0 Å². The van der Waals surface area contributed by atoms with E-state index in [1.54, 1.807) is 24.8 Å². The molecule has 4 aromatic heterocycles. The number of nitrogens with zero attached hydrogens (tertiary/aromatic N) is 2. The van der Waals surface area contributed by atoms with Gasteiger partial charge in [-0.1, -0.05) is 36.4 Å². The first-order valence-electron chi connectivity index (χ1n) is 15.7. The lowest BCUT2D eigenvalue weighted by Gasteiger charge is -2.25. The number of carboxylic acid groups (broad SMARTS) is 1. The highest BCUT2D eigenvalue weighted by Crippen LogP contribution is 2.21.